The quantitative estimate of drug-likeness (QED) is 0.291. The Morgan fingerprint density at radius 1 is 1.00 bits per heavy atom. The van der Waals surface area contributed by atoms with Gasteiger partial charge in [-0.1, -0.05) is 42.5 Å². The lowest BCUT2D eigenvalue weighted by atomic mass is 10.0. The van der Waals surface area contributed by atoms with E-state index in [-0.39, 0.29) is 12.5 Å². The molecule has 3 aromatic carbocycles. The van der Waals surface area contributed by atoms with Gasteiger partial charge in [-0.3, -0.25) is 4.79 Å². The molecule has 0 aliphatic rings. The number of carbonyl (C=O) groups is 2. The number of rotatable bonds is 8. The van der Waals surface area contributed by atoms with Crippen molar-refractivity contribution in [1.82, 2.24) is 15.3 Å². The minimum absolute atomic E-state index is 0.167. The Kier molecular flexibility index (Phi) is 7.26. The van der Waals surface area contributed by atoms with Gasteiger partial charge in [-0.15, -0.1) is 0 Å². The highest BCUT2D eigenvalue weighted by atomic mass is 16.6. The first-order chi connectivity index (χ1) is 16.9. The predicted octanol–water partition coefficient (Wildman–Crippen LogP) is 4.59. The second-order valence-electron chi connectivity index (χ2n) is 8.18. The first-order valence-corrected chi connectivity index (χ1v) is 11.2. The van der Waals surface area contributed by atoms with Gasteiger partial charge in [-0.25, -0.2) is 9.78 Å². The number of benzene rings is 3. The number of fused-ring (bicyclic) bond motifs is 1. The monoisotopic (exact) mass is 469 g/mol. The Hall–Kier alpha value is -4.39. The number of aromatic amines is 1. The number of ether oxygens (including phenoxy) is 2. The normalized spacial score (nSPS) is 11.3. The van der Waals surface area contributed by atoms with Crippen LogP contribution in [0.5, 0.6) is 5.75 Å². The number of para-hydroxylation sites is 2. The van der Waals surface area contributed by atoms with Gasteiger partial charge in [0.15, 0.2) is 6.61 Å². The Labute approximate surface area is 203 Å². The summed E-state index contributed by atoms with van der Waals surface area (Å²) < 4.78 is 10.3. The van der Waals surface area contributed by atoms with Crippen LogP contribution < -0.4 is 10.1 Å². The number of carbonyl (C=O) groups excluding carboxylic acids is 2. The summed E-state index contributed by atoms with van der Waals surface area (Å²) >= 11 is 0. The molecule has 0 fully saturated rings. The molecule has 0 aliphatic carbocycles. The molecule has 0 aliphatic heterocycles. The van der Waals surface area contributed by atoms with Gasteiger partial charge >= 0.3 is 5.97 Å². The van der Waals surface area contributed by atoms with Crippen molar-refractivity contribution in [2.75, 3.05) is 13.7 Å². The van der Waals surface area contributed by atoms with Crippen LogP contribution in [0.4, 0.5) is 0 Å². The predicted molar refractivity (Wildman–Crippen MR) is 136 cm³/mol. The van der Waals surface area contributed by atoms with E-state index in [1.807, 2.05) is 86.7 Å². The molecule has 0 saturated heterocycles. The lowest BCUT2D eigenvalue weighted by molar-refractivity contribution is -0.142. The molecule has 0 bridgehead atoms. The number of nitrogens with zero attached hydrogens (tertiary/aromatic N) is 1. The summed E-state index contributed by atoms with van der Waals surface area (Å²) in [5, 5.41) is 3.00. The molecule has 1 heterocycles. The molecule has 1 amide bonds. The van der Waals surface area contributed by atoms with Gasteiger partial charge in [0.1, 0.15) is 11.6 Å². The van der Waals surface area contributed by atoms with Crippen LogP contribution in [0.3, 0.4) is 0 Å². The fourth-order valence-corrected chi connectivity index (χ4v) is 3.85. The van der Waals surface area contributed by atoms with Gasteiger partial charge in [-0.2, -0.15) is 0 Å². The number of esters is 1. The summed E-state index contributed by atoms with van der Waals surface area (Å²) in [4.78, 5) is 32.7. The van der Waals surface area contributed by atoms with Crippen molar-refractivity contribution in [1.29, 1.82) is 0 Å². The maximum Gasteiger partial charge on any atom is 0.343 e. The van der Waals surface area contributed by atoms with Crippen LogP contribution in [0.15, 0.2) is 66.7 Å². The molecule has 178 valence electrons. The fraction of sp³-hybridized carbons (Fsp3) is 0.179. The number of H-pyrrole nitrogens is 1. The van der Waals surface area contributed by atoms with Gasteiger partial charge < -0.3 is 19.8 Å². The third-order valence-electron chi connectivity index (χ3n) is 5.54. The number of nitrogens with one attached hydrogen (secondary N) is 2. The Balaban J connectivity index is 1.68. The van der Waals surface area contributed by atoms with Crippen LogP contribution >= 0.6 is 0 Å². The molecule has 4 aromatic rings. The number of amides is 1. The zero-order valence-electron chi connectivity index (χ0n) is 19.9. The maximum atomic E-state index is 13.3. The zero-order valence-corrected chi connectivity index (χ0v) is 19.9. The minimum atomic E-state index is -0.449. The minimum Gasteiger partial charge on any atom is -0.481 e. The van der Waals surface area contributed by atoms with E-state index < -0.39 is 5.97 Å². The van der Waals surface area contributed by atoms with E-state index >= 15 is 0 Å². The fourth-order valence-electron chi connectivity index (χ4n) is 3.85. The van der Waals surface area contributed by atoms with Crippen molar-refractivity contribution in [3.05, 3.63) is 94.8 Å². The summed E-state index contributed by atoms with van der Waals surface area (Å²) in [6.07, 6.45) is 1.81. The molecule has 0 unspecified atom stereocenters. The molecular weight excluding hydrogens is 442 g/mol. The number of hydrogen-bond acceptors (Lipinski definition) is 5. The van der Waals surface area contributed by atoms with Crippen LogP contribution in [0.25, 0.3) is 22.7 Å². The average Bonchev–Trinajstić information content (AvgIpc) is 3.29. The van der Waals surface area contributed by atoms with Gasteiger partial charge in [0, 0.05) is 6.54 Å². The van der Waals surface area contributed by atoms with E-state index in [1.165, 1.54) is 7.11 Å². The molecule has 7 heteroatoms. The summed E-state index contributed by atoms with van der Waals surface area (Å²) in [5.41, 5.74) is 5.55. The Bertz CT molecular complexity index is 1330. The Morgan fingerprint density at radius 3 is 2.37 bits per heavy atom. The molecule has 0 spiro atoms. The van der Waals surface area contributed by atoms with Crippen LogP contribution in [-0.4, -0.2) is 35.6 Å². The van der Waals surface area contributed by atoms with Crippen molar-refractivity contribution >= 4 is 34.6 Å². The second-order valence-corrected chi connectivity index (χ2v) is 8.18. The SMILES string of the molecule is COC(=O)COc1c(C)cc(/C=C(/C(=O)NCc2ccccc2)c2nc3ccccc3[nH]2)cc1C. The van der Waals surface area contributed by atoms with Gasteiger partial charge in [0.05, 0.1) is 23.7 Å². The molecule has 0 atom stereocenters. The highest BCUT2D eigenvalue weighted by Crippen LogP contribution is 2.28. The molecule has 35 heavy (non-hydrogen) atoms. The van der Waals surface area contributed by atoms with Crippen LogP contribution in [0.2, 0.25) is 0 Å². The lowest BCUT2D eigenvalue weighted by Gasteiger charge is -2.13. The highest BCUT2D eigenvalue weighted by Gasteiger charge is 2.17. The number of imidazole rings is 1. The van der Waals surface area contributed by atoms with E-state index in [2.05, 4.69) is 20.0 Å². The summed E-state index contributed by atoms with van der Waals surface area (Å²) in [6.45, 7) is 4.02. The number of hydrogen-bond donors (Lipinski definition) is 2. The summed E-state index contributed by atoms with van der Waals surface area (Å²) in [5.74, 6) is 0.411. The number of aryl methyl sites for hydroxylation is 2. The highest BCUT2D eigenvalue weighted by molar-refractivity contribution is 6.23. The average molecular weight is 470 g/mol. The van der Waals surface area contributed by atoms with Crippen molar-refractivity contribution in [3.63, 3.8) is 0 Å². The lowest BCUT2D eigenvalue weighted by Crippen LogP contribution is -2.24. The maximum absolute atomic E-state index is 13.3. The summed E-state index contributed by atoms with van der Waals surface area (Å²) in [6, 6.07) is 21.2. The second kappa shape index (κ2) is 10.7. The van der Waals surface area contributed by atoms with Crippen molar-refractivity contribution < 1.29 is 19.1 Å². The standard InChI is InChI=1S/C28H27N3O4/c1-18-13-21(14-19(2)26(18)35-17-25(32)34-3)15-22(27-30-23-11-7-8-12-24(23)31-27)28(33)29-16-20-9-5-4-6-10-20/h4-15H,16-17H2,1-3H3,(H,29,33)(H,30,31)/b22-15+. The van der Waals surface area contributed by atoms with Crippen molar-refractivity contribution in [2.45, 2.75) is 20.4 Å². The van der Waals surface area contributed by atoms with Crippen molar-refractivity contribution in [3.8, 4) is 5.75 Å². The van der Waals surface area contributed by atoms with Crippen LogP contribution in [-0.2, 0) is 20.9 Å². The molecule has 4 rings (SSSR count). The Morgan fingerprint density at radius 2 is 1.69 bits per heavy atom. The first-order valence-electron chi connectivity index (χ1n) is 11.2. The van der Waals surface area contributed by atoms with Crippen molar-refractivity contribution in [2.24, 2.45) is 0 Å². The molecule has 7 nitrogen and oxygen atoms in total. The van der Waals surface area contributed by atoms with E-state index in [9.17, 15) is 9.59 Å². The molecular formula is C28H27N3O4. The third kappa shape index (κ3) is 5.76. The smallest absolute Gasteiger partial charge is 0.343 e. The van der Waals surface area contributed by atoms with E-state index in [1.54, 1.807) is 0 Å². The van der Waals surface area contributed by atoms with Gasteiger partial charge in [0.25, 0.3) is 5.91 Å². The first kappa shape index (κ1) is 23.8. The third-order valence-corrected chi connectivity index (χ3v) is 5.54. The zero-order chi connectivity index (χ0) is 24.8. The number of aromatic nitrogens is 2. The van der Waals surface area contributed by atoms with E-state index in [0.29, 0.717) is 23.7 Å². The van der Waals surface area contributed by atoms with Gasteiger partial charge in [0.2, 0.25) is 0 Å². The molecule has 2 N–H and O–H groups in total. The van der Waals surface area contributed by atoms with E-state index in [0.717, 1.165) is 33.3 Å². The van der Waals surface area contributed by atoms with E-state index in [4.69, 9.17) is 4.74 Å². The largest absolute Gasteiger partial charge is 0.481 e. The van der Waals surface area contributed by atoms with Crippen LogP contribution in [0.1, 0.15) is 28.1 Å². The van der Waals surface area contributed by atoms with Gasteiger partial charge in [-0.05, 0) is 66.4 Å². The topological polar surface area (TPSA) is 93.3 Å². The molecule has 0 radical (unpaired) electrons. The van der Waals surface area contributed by atoms with Crippen LogP contribution in [0, 0.1) is 13.8 Å². The summed E-state index contributed by atoms with van der Waals surface area (Å²) in [7, 11) is 1.32. The molecule has 1 aromatic heterocycles. The number of methoxy groups -OCH3 is 1. The molecule has 0 saturated carbocycles.